The highest BCUT2D eigenvalue weighted by atomic mass is 16.5. The van der Waals surface area contributed by atoms with E-state index in [-0.39, 0.29) is 12.2 Å². The maximum Gasteiger partial charge on any atom is 0.335 e. The Bertz CT molecular complexity index is 359. The summed E-state index contributed by atoms with van der Waals surface area (Å²) in [6, 6.07) is 6.41. The van der Waals surface area contributed by atoms with Gasteiger partial charge in [-0.3, -0.25) is 0 Å². The average molecular weight is 252 g/mol. The number of carboxylic acids is 1. The van der Waals surface area contributed by atoms with Crippen LogP contribution in [-0.4, -0.2) is 29.4 Å². The molecule has 0 aliphatic heterocycles. The SMILES string of the molecule is CC(CCCO)CCOc1ccc(C(=O)O)cc1. The van der Waals surface area contributed by atoms with Crippen molar-refractivity contribution in [1.82, 2.24) is 0 Å². The molecule has 0 saturated heterocycles. The summed E-state index contributed by atoms with van der Waals surface area (Å²) in [5, 5.41) is 17.5. The molecule has 18 heavy (non-hydrogen) atoms. The molecule has 2 N–H and O–H groups in total. The van der Waals surface area contributed by atoms with Gasteiger partial charge < -0.3 is 14.9 Å². The van der Waals surface area contributed by atoms with Crippen LogP contribution in [0.25, 0.3) is 0 Å². The number of carbonyl (C=O) groups is 1. The number of benzene rings is 1. The molecule has 0 aromatic heterocycles. The van der Waals surface area contributed by atoms with Gasteiger partial charge in [0.05, 0.1) is 12.2 Å². The van der Waals surface area contributed by atoms with Crippen LogP contribution in [0.4, 0.5) is 0 Å². The summed E-state index contributed by atoms with van der Waals surface area (Å²) < 4.78 is 5.54. The lowest BCUT2D eigenvalue weighted by molar-refractivity contribution is 0.0697. The Hall–Kier alpha value is -1.55. The molecule has 0 aliphatic rings. The van der Waals surface area contributed by atoms with Crippen LogP contribution in [0.3, 0.4) is 0 Å². The van der Waals surface area contributed by atoms with Crippen molar-refractivity contribution in [2.75, 3.05) is 13.2 Å². The minimum Gasteiger partial charge on any atom is -0.494 e. The topological polar surface area (TPSA) is 66.8 Å². The van der Waals surface area contributed by atoms with E-state index in [0.717, 1.165) is 19.3 Å². The number of aliphatic hydroxyl groups is 1. The predicted octanol–water partition coefficient (Wildman–Crippen LogP) is 2.56. The molecule has 0 fully saturated rings. The molecule has 0 spiro atoms. The van der Waals surface area contributed by atoms with Crippen molar-refractivity contribution in [2.24, 2.45) is 5.92 Å². The summed E-state index contributed by atoms with van der Waals surface area (Å²) in [5.74, 6) is 0.281. The van der Waals surface area contributed by atoms with Crippen LogP contribution < -0.4 is 4.74 Å². The Balaban J connectivity index is 2.29. The first kappa shape index (κ1) is 14.5. The summed E-state index contributed by atoms with van der Waals surface area (Å²) in [6.07, 6.45) is 2.76. The van der Waals surface area contributed by atoms with Gasteiger partial charge in [-0.1, -0.05) is 6.92 Å². The zero-order valence-electron chi connectivity index (χ0n) is 10.6. The van der Waals surface area contributed by atoms with E-state index < -0.39 is 5.97 Å². The molecule has 0 heterocycles. The van der Waals surface area contributed by atoms with E-state index in [1.54, 1.807) is 12.1 Å². The highest BCUT2D eigenvalue weighted by molar-refractivity contribution is 5.87. The lowest BCUT2D eigenvalue weighted by Gasteiger charge is -2.11. The maximum atomic E-state index is 10.7. The Kier molecular flexibility index (Phi) is 6.22. The van der Waals surface area contributed by atoms with Crippen LogP contribution in [0, 0.1) is 5.92 Å². The van der Waals surface area contributed by atoms with Crippen molar-refractivity contribution in [3.8, 4) is 5.75 Å². The number of hydrogen-bond donors (Lipinski definition) is 2. The Morgan fingerprint density at radius 2 is 1.94 bits per heavy atom. The maximum absolute atomic E-state index is 10.7. The fourth-order valence-corrected chi connectivity index (χ4v) is 1.66. The second-order valence-corrected chi connectivity index (χ2v) is 4.44. The van der Waals surface area contributed by atoms with Gasteiger partial charge in [-0.2, -0.15) is 0 Å². The molecule has 1 aromatic rings. The van der Waals surface area contributed by atoms with Gasteiger partial charge in [0.15, 0.2) is 0 Å². The minimum absolute atomic E-state index is 0.238. The molecule has 1 aromatic carbocycles. The lowest BCUT2D eigenvalue weighted by Crippen LogP contribution is -2.05. The molecular weight excluding hydrogens is 232 g/mol. The molecule has 0 bridgehead atoms. The van der Waals surface area contributed by atoms with Crippen LogP contribution >= 0.6 is 0 Å². The fraction of sp³-hybridized carbons (Fsp3) is 0.500. The number of hydrogen-bond acceptors (Lipinski definition) is 3. The van der Waals surface area contributed by atoms with Gasteiger partial charge in [0.25, 0.3) is 0 Å². The van der Waals surface area contributed by atoms with Crippen LogP contribution in [0.5, 0.6) is 5.75 Å². The van der Waals surface area contributed by atoms with Crippen molar-refractivity contribution in [3.05, 3.63) is 29.8 Å². The third-order valence-electron chi connectivity index (χ3n) is 2.84. The molecule has 100 valence electrons. The summed E-state index contributed by atoms with van der Waals surface area (Å²) >= 11 is 0. The number of aliphatic hydroxyl groups excluding tert-OH is 1. The van der Waals surface area contributed by atoms with Gasteiger partial charge in [0.2, 0.25) is 0 Å². The standard InChI is InChI=1S/C14H20O4/c1-11(3-2-9-15)8-10-18-13-6-4-12(5-7-13)14(16)17/h4-7,11,15H,2-3,8-10H2,1H3,(H,16,17). The third kappa shape index (κ3) is 5.19. The van der Waals surface area contributed by atoms with E-state index in [4.69, 9.17) is 14.9 Å². The summed E-state index contributed by atoms with van der Waals surface area (Å²) in [5.41, 5.74) is 0.263. The van der Waals surface area contributed by atoms with E-state index in [1.165, 1.54) is 12.1 Å². The number of carboxylic acid groups (broad SMARTS) is 1. The molecule has 1 atom stereocenters. The second-order valence-electron chi connectivity index (χ2n) is 4.44. The summed E-state index contributed by atoms with van der Waals surface area (Å²) in [7, 11) is 0. The first-order valence-corrected chi connectivity index (χ1v) is 6.20. The monoisotopic (exact) mass is 252 g/mol. The van der Waals surface area contributed by atoms with E-state index in [1.807, 2.05) is 0 Å². The molecular formula is C14H20O4. The summed E-state index contributed by atoms with van der Waals surface area (Å²) in [4.78, 5) is 10.7. The number of aromatic carboxylic acids is 1. The van der Waals surface area contributed by atoms with Gasteiger partial charge in [0, 0.05) is 6.61 Å². The molecule has 0 radical (unpaired) electrons. The van der Waals surface area contributed by atoms with Crippen molar-refractivity contribution < 1.29 is 19.7 Å². The highest BCUT2D eigenvalue weighted by Gasteiger charge is 2.04. The zero-order chi connectivity index (χ0) is 13.4. The lowest BCUT2D eigenvalue weighted by atomic mass is 10.0. The minimum atomic E-state index is -0.931. The smallest absolute Gasteiger partial charge is 0.335 e. The number of rotatable bonds is 8. The van der Waals surface area contributed by atoms with Crippen LogP contribution in [0.2, 0.25) is 0 Å². The highest BCUT2D eigenvalue weighted by Crippen LogP contribution is 2.15. The van der Waals surface area contributed by atoms with Crippen molar-refractivity contribution in [1.29, 1.82) is 0 Å². The molecule has 4 heteroatoms. The largest absolute Gasteiger partial charge is 0.494 e. The first-order valence-electron chi connectivity index (χ1n) is 6.20. The van der Waals surface area contributed by atoms with Gasteiger partial charge in [0.1, 0.15) is 5.75 Å². The molecule has 1 unspecified atom stereocenters. The molecule has 0 saturated carbocycles. The molecule has 4 nitrogen and oxygen atoms in total. The van der Waals surface area contributed by atoms with E-state index in [0.29, 0.717) is 18.3 Å². The van der Waals surface area contributed by atoms with Gasteiger partial charge >= 0.3 is 5.97 Å². The third-order valence-corrected chi connectivity index (χ3v) is 2.84. The van der Waals surface area contributed by atoms with Crippen LogP contribution in [0.15, 0.2) is 24.3 Å². The van der Waals surface area contributed by atoms with E-state index in [2.05, 4.69) is 6.92 Å². The average Bonchev–Trinajstić information content (AvgIpc) is 2.37. The van der Waals surface area contributed by atoms with Crippen molar-refractivity contribution in [2.45, 2.75) is 26.2 Å². The van der Waals surface area contributed by atoms with Gasteiger partial charge in [-0.25, -0.2) is 4.79 Å². The first-order chi connectivity index (χ1) is 8.63. The van der Waals surface area contributed by atoms with Crippen molar-refractivity contribution >= 4 is 5.97 Å². The van der Waals surface area contributed by atoms with Crippen molar-refractivity contribution in [3.63, 3.8) is 0 Å². The molecule has 1 rings (SSSR count). The fourth-order valence-electron chi connectivity index (χ4n) is 1.66. The van der Waals surface area contributed by atoms with Gasteiger partial charge in [-0.05, 0) is 49.4 Å². The predicted molar refractivity (Wildman–Crippen MR) is 69.0 cm³/mol. The molecule has 0 amide bonds. The van der Waals surface area contributed by atoms with Crippen LogP contribution in [-0.2, 0) is 0 Å². The van der Waals surface area contributed by atoms with Gasteiger partial charge in [-0.15, -0.1) is 0 Å². The Labute approximate surface area is 107 Å². The second kappa shape index (κ2) is 7.71. The number of ether oxygens (including phenoxy) is 1. The van der Waals surface area contributed by atoms with E-state index >= 15 is 0 Å². The Morgan fingerprint density at radius 3 is 2.50 bits per heavy atom. The van der Waals surface area contributed by atoms with Crippen LogP contribution in [0.1, 0.15) is 36.5 Å². The Morgan fingerprint density at radius 1 is 1.28 bits per heavy atom. The normalized spacial score (nSPS) is 12.1. The molecule has 0 aliphatic carbocycles. The quantitative estimate of drug-likeness (QED) is 0.746. The zero-order valence-corrected chi connectivity index (χ0v) is 10.6. The van der Waals surface area contributed by atoms with E-state index in [9.17, 15) is 4.79 Å². The summed E-state index contributed by atoms with van der Waals surface area (Å²) in [6.45, 7) is 2.98.